The molecule has 2 amide bonds. The lowest BCUT2D eigenvalue weighted by Gasteiger charge is -2.29. The van der Waals surface area contributed by atoms with Crippen LogP contribution in [0.15, 0.2) is 24.3 Å². The normalized spacial score (nSPS) is 28.6. The smallest absolute Gasteiger partial charge is 0.248 e. The first-order valence-corrected chi connectivity index (χ1v) is 8.59. The number of benzene rings is 1. The van der Waals surface area contributed by atoms with E-state index in [9.17, 15) is 9.59 Å². The molecule has 2 fully saturated rings. The number of fused-ring (bicyclic) bond motifs is 1. The Morgan fingerprint density at radius 2 is 2.35 bits per heavy atom. The molecule has 1 N–H and O–H groups in total. The molecule has 0 spiro atoms. The summed E-state index contributed by atoms with van der Waals surface area (Å²) in [6, 6.07) is 7.32. The Hall–Kier alpha value is -0.760. The Morgan fingerprint density at radius 1 is 1.55 bits per heavy atom. The second-order valence-corrected chi connectivity index (χ2v) is 8.01. The summed E-state index contributed by atoms with van der Waals surface area (Å²) in [5, 5.41) is 2.92. The van der Waals surface area contributed by atoms with E-state index in [1.165, 1.54) is 0 Å². The van der Waals surface area contributed by atoms with Crippen LogP contribution in [0.4, 0.5) is 5.69 Å². The van der Waals surface area contributed by atoms with Crippen LogP contribution in [0.25, 0.3) is 0 Å². The predicted octanol–water partition coefficient (Wildman–Crippen LogP) is 2.68. The van der Waals surface area contributed by atoms with Crippen LogP contribution in [0.5, 0.6) is 0 Å². The minimum Gasteiger partial charge on any atom is -0.324 e. The van der Waals surface area contributed by atoms with Gasteiger partial charge in [-0.15, -0.1) is 11.8 Å². The van der Waals surface area contributed by atoms with Gasteiger partial charge in [-0.25, -0.2) is 0 Å². The molecular weight excluding hydrogens is 387 g/mol. The number of rotatable bonds is 2. The molecule has 0 bridgehead atoms. The lowest BCUT2D eigenvalue weighted by atomic mass is 10.2. The molecule has 2 aliphatic rings. The van der Waals surface area contributed by atoms with Crippen LogP contribution in [0.3, 0.4) is 0 Å². The van der Waals surface area contributed by atoms with Crippen LogP contribution in [0, 0.1) is 3.57 Å². The summed E-state index contributed by atoms with van der Waals surface area (Å²) >= 11 is 3.92. The molecule has 1 aromatic carbocycles. The molecule has 2 atom stereocenters. The molecule has 0 saturated carbocycles. The summed E-state index contributed by atoms with van der Waals surface area (Å²) in [5.74, 6) is 0.691. The number of nitrogens with one attached hydrogen (secondary N) is 1. The number of hydrogen-bond acceptors (Lipinski definition) is 3. The van der Waals surface area contributed by atoms with Crippen LogP contribution >= 0.6 is 34.4 Å². The molecule has 0 radical (unpaired) electrons. The third kappa shape index (κ3) is 2.43. The number of halogens is 1. The second-order valence-electron chi connectivity index (χ2n) is 5.27. The van der Waals surface area contributed by atoms with Gasteiger partial charge < -0.3 is 10.2 Å². The number of carbonyl (C=O) groups excluding carboxylic acids is 2. The van der Waals surface area contributed by atoms with Crippen molar-refractivity contribution < 1.29 is 9.59 Å². The van der Waals surface area contributed by atoms with Crippen LogP contribution in [0.1, 0.15) is 19.8 Å². The first kappa shape index (κ1) is 14.2. The van der Waals surface area contributed by atoms with Crippen molar-refractivity contribution >= 4 is 51.9 Å². The predicted molar refractivity (Wildman–Crippen MR) is 88.5 cm³/mol. The number of carbonyl (C=O) groups is 2. The highest BCUT2D eigenvalue weighted by molar-refractivity contribution is 14.1. The Morgan fingerprint density at radius 3 is 3.10 bits per heavy atom. The summed E-state index contributed by atoms with van der Waals surface area (Å²) in [6.07, 6.45) is 1.39. The molecule has 2 heterocycles. The molecule has 2 saturated heterocycles. The molecular formula is C14H15IN2O2S. The van der Waals surface area contributed by atoms with Crippen LogP contribution in [0.2, 0.25) is 0 Å². The van der Waals surface area contributed by atoms with Crippen molar-refractivity contribution in [2.75, 3.05) is 11.1 Å². The van der Waals surface area contributed by atoms with E-state index in [1.54, 1.807) is 16.7 Å². The minimum absolute atomic E-state index is 0.0847. The lowest BCUT2D eigenvalue weighted by molar-refractivity contribution is -0.135. The molecule has 106 valence electrons. The van der Waals surface area contributed by atoms with E-state index in [4.69, 9.17) is 0 Å². The van der Waals surface area contributed by atoms with E-state index >= 15 is 0 Å². The van der Waals surface area contributed by atoms with E-state index in [0.717, 1.165) is 15.7 Å². The Balaban J connectivity index is 1.76. The van der Waals surface area contributed by atoms with Gasteiger partial charge in [0.2, 0.25) is 11.8 Å². The van der Waals surface area contributed by atoms with E-state index in [1.807, 2.05) is 24.3 Å². The first-order chi connectivity index (χ1) is 9.49. The number of hydrogen-bond donors (Lipinski definition) is 1. The largest absolute Gasteiger partial charge is 0.324 e. The van der Waals surface area contributed by atoms with Gasteiger partial charge in [-0.1, -0.05) is 6.07 Å². The summed E-state index contributed by atoms with van der Waals surface area (Å²) in [5.41, 5.74) is 0.784. The Kier molecular flexibility index (Phi) is 3.70. The SMILES string of the molecule is C[C@]12CCC(=O)N1[C@@H](C(=O)Nc1cccc(I)c1)CS2. The number of anilines is 1. The summed E-state index contributed by atoms with van der Waals surface area (Å²) in [7, 11) is 0. The minimum atomic E-state index is -0.349. The third-order valence-electron chi connectivity index (χ3n) is 3.84. The van der Waals surface area contributed by atoms with Gasteiger partial charge in [0.25, 0.3) is 0 Å². The van der Waals surface area contributed by atoms with Crippen LogP contribution in [-0.4, -0.2) is 33.4 Å². The van der Waals surface area contributed by atoms with Crippen molar-refractivity contribution in [1.82, 2.24) is 4.90 Å². The molecule has 3 rings (SSSR count). The van der Waals surface area contributed by atoms with Gasteiger partial charge in [0.05, 0.1) is 4.87 Å². The van der Waals surface area contributed by atoms with E-state index < -0.39 is 0 Å². The zero-order valence-electron chi connectivity index (χ0n) is 11.1. The summed E-state index contributed by atoms with van der Waals surface area (Å²) in [4.78, 5) is 26.0. The van der Waals surface area contributed by atoms with Crippen molar-refractivity contribution in [3.63, 3.8) is 0 Å². The number of nitrogens with zero attached hydrogens (tertiary/aromatic N) is 1. The average Bonchev–Trinajstić information content (AvgIpc) is 2.87. The van der Waals surface area contributed by atoms with E-state index in [2.05, 4.69) is 34.8 Å². The molecule has 20 heavy (non-hydrogen) atoms. The highest BCUT2D eigenvalue weighted by Gasteiger charge is 2.52. The van der Waals surface area contributed by atoms with Gasteiger partial charge in [-0.05, 0) is 54.1 Å². The number of amides is 2. The maximum absolute atomic E-state index is 12.4. The van der Waals surface area contributed by atoms with Gasteiger partial charge in [0.15, 0.2) is 0 Å². The fourth-order valence-electron chi connectivity index (χ4n) is 2.81. The molecule has 0 aromatic heterocycles. The highest BCUT2D eigenvalue weighted by atomic mass is 127. The third-order valence-corrected chi connectivity index (χ3v) is 6.02. The zero-order chi connectivity index (χ0) is 14.3. The van der Waals surface area contributed by atoms with Gasteiger partial charge >= 0.3 is 0 Å². The first-order valence-electron chi connectivity index (χ1n) is 6.52. The van der Waals surface area contributed by atoms with Gasteiger partial charge in [-0.2, -0.15) is 0 Å². The molecule has 2 aliphatic heterocycles. The fourth-order valence-corrected chi connectivity index (χ4v) is 4.78. The summed E-state index contributed by atoms with van der Waals surface area (Å²) in [6.45, 7) is 2.06. The zero-order valence-corrected chi connectivity index (χ0v) is 14.0. The van der Waals surface area contributed by atoms with Crippen molar-refractivity contribution in [1.29, 1.82) is 0 Å². The van der Waals surface area contributed by atoms with Crippen molar-refractivity contribution in [2.24, 2.45) is 0 Å². The van der Waals surface area contributed by atoms with Crippen LogP contribution in [-0.2, 0) is 9.59 Å². The number of thioether (sulfide) groups is 1. The molecule has 4 nitrogen and oxygen atoms in total. The van der Waals surface area contributed by atoms with Crippen molar-refractivity contribution in [3.8, 4) is 0 Å². The van der Waals surface area contributed by atoms with Gasteiger partial charge in [0.1, 0.15) is 6.04 Å². The quantitative estimate of drug-likeness (QED) is 0.775. The monoisotopic (exact) mass is 402 g/mol. The molecule has 0 aliphatic carbocycles. The second kappa shape index (κ2) is 5.22. The molecule has 6 heteroatoms. The average molecular weight is 402 g/mol. The van der Waals surface area contributed by atoms with Crippen LogP contribution < -0.4 is 5.32 Å². The van der Waals surface area contributed by atoms with E-state index in [-0.39, 0.29) is 22.7 Å². The topological polar surface area (TPSA) is 49.4 Å². The standard InChI is InChI=1S/C14H15IN2O2S/c1-14-6-5-12(18)17(14)11(8-20-14)13(19)16-10-4-2-3-9(15)7-10/h2-4,7,11H,5-6,8H2,1H3,(H,16,19)/t11-,14+/m1/s1. The van der Waals surface area contributed by atoms with Crippen molar-refractivity contribution in [3.05, 3.63) is 27.8 Å². The molecule has 0 unspecified atom stereocenters. The molecule has 1 aromatic rings. The lowest BCUT2D eigenvalue weighted by Crippen LogP contribution is -2.48. The fraction of sp³-hybridized carbons (Fsp3) is 0.429. The Labute approximate surface area is 135 Å². The van der Waals surface area contributed by atoms with Gasteiger partial charge in [0, 0.05) is 21.4 Å². The Bertz CT molecular complexity index is 580. The maximum atomic E-state index is 12.4. The highest BCUT2D eigenvalue weighted by Crippen LogP contribution is 2.47. The maximum Gasteiger partial charge on any atom is 0.248 e. The van der Waals surface area contributed by atoms with Gasteiger partial charge in [-0.3, -0.25) is 9.59 Å². The summed E-state index contributed by atoms with van der Waals surface area (Å²) < 4.78 is 1.07. The van der Waals surface area contributed by atoms with E-state index in [0.29, 0.717) is 12.2 Å². The van der Waals surface area contributed by atoms with Crippen molar-refractivity contribution in [2.45, 2.75) is 30.7 Å².